The van der Waals surface area contributed by atoms with E-state index in [4.69, 9.17) is 0 Å². The van der Waals surface area contributed by atoms with Gasteiger partial charge in [0.25, 0.3) is 0 Å². The van der Waals surface area contributed by atoms with E-state index in [9.17, 15) is 0 Å². The van der Waals surface area contributed by atoms with E-state index in [-0.39, 0.29) is 0 Å². The minimum Gasteiger partial charge on any atom is -0.348 e. The van der Waals surface area contributed by atoms with E-state index in [1.807, 2.05) is 0 Å². The van der Waals surface area contributed by atoms with Crippen molar-refractivity contribution < 1.29 is 0 Å². The van der Waals surface area contributed by atoms with Crippen LogP contribution < -0.4 is 4.90 Å². The molecular weight excluding hydrogens is 350 g/mol. The molecule has 144 valence electrons. The predicted molar refractivity (Wildman–Crippen MR) is 128 cm³/mol. The van der Waals surface area contributed by atoms with E-state index in [0.29, 0.717) is 0 Å². The normalized spacial score (nSPS) is 15.1. The van der Waals surface area contributed by atoms with Gasteiger partial charge in [-0.15, -0.1) is 0 Å². The van der Waals surface area contributed by atoms with Crippen molar-refractivity contribution in [2.75, 3.05) is 11.4 Å². The third-order valence-electron chi connectivity index (χ3n) is 5.50. The average Bonchev–Trinajstić information content (AvgIpc) is 2.78. The summed E-state index contributed by atoms with van der Waals surface area (Å²) in [6.45, 7) is 5.37. The Morgan fingerprint density at radius 3 is 2.41 bits per heavy atom. The molecule has 0 aromatic heterocycles. The van der Waals surface area contributed by atoms with Crippen molar-refractivity contribution >= 4 is 28.1 Å². The van der Waals surface area contributed by atoms with Crippen molar-refractivity contribution in [2.24, 2.45) is 0 Å². The van der Waals surface area contributed by atoms with E-state index in [0.717, 1.165) is 13.0 Å². The van der Waals surface area contributed by atoms with Crippen LogP contribution in [0.1, 0.15) is 30.5 Å². The summed E-state index contributed by atoms with van der Waals surface area (Å²) in [5.74, 6) is 0. The Kier molecular flexibility index (Phi) is 5.76. The maximum Gasteiger partial charge on any atom is 0.0485 e. The van der Waals surface area contributed by atoms with Crippen LogP contribution >= 0.6 is 0 Å². The van der Waals surface area contributed by atoms with E-state index in [1.54, 1.807) is 0 Å². The number of nitrogens with zero attached hydrogens (tertiary/aromatic N) is 1. The molecule has 29 heavy (non-hydrogen) atoms. The van der Waals surface area contributed by atoms with Crippen LogP contribution in [0, 0.1) is 0 Å². The van der Waals surface area contributed by atoms with Gasteiger partial charge in [-0.2, -0.15) is 0 Å². The Hall–Kier alpha value is -3.32. The molecule has 3 aromatic rings. The molecule has 0 atom stereocenters. The number of para-hydroxylation sites is 1. The van der Waals surface area contributed by atoms with Crippen molar-refractivity contribution in [1.82, 2.24) is 0 Å². The van der Waals surface area contributed by atoms with Crippen LogP contribution in [0.4, 0.5) is 5.69 Å². The minimum absolute atomic E-state index is 0.976. The van der Waals surface area contributed by atoms with Crippen molar-refractivity contribution in [3.8, 4) is 0 Å². The molecule has 0 N–H and O–H groups in total. The largest absolute Gasteiger partial charge is 0.348 e. The van der Waals surface area contributed by atoms with E-state index >= 15 is 0 Å². The molecule has 0 saturated heterocycles. The first-order valence-corrected chi connectivity index (χ1v) is 10.4. The van der Waals surface area contributed by atoms with Gasteiger partial charge in [-0.05, 0) is 53.0 Å². The molecule has 0 amide bonds. The zero-order valence-electron chi connectivity index (χ0n) is 17.2. The average molecular weight is 378 g/mol. The van der Waals surface area contributed by atoms with Crippen molar-refractivity contribution in [1.29, 1.82) is 0 Å². The number of aryl methyl sites for hydroxylation is 1. The van der Waals surface area contributed by atoms with Gasteiger partial charge in [-0.25, -0.2) is 0 Å². The zero-order valence-corrected chi connectivity index (χ0v) is 17.2. The fourth-order valence-corrected chi connectivity index (χ4v) is 3.95. The molecule has 0 unspecified atom stereocenters. The molecule has 0 spiro atoms. The summed E-state index contributed by atoms with van der Waals surface area (Å²) in [5, 5.41) is 2.67. The molecule has 1 aliphatic rings. The Morgan fingerprint density at radius 2 is 1.59 bits per heavy atom. The monoisotopic (exact) mass is 377 g/mol. The van der Waals surface area contributed by atoms with Gasteiger partial charge in [0.15, 0.2) is 0 Å². The topological polar surface area (TPSA) is 3.24 Å². The first kappa shape index (κ1) is 19.0. The summed E-state index contributed by atoms with van der Waals surface area (Å²) in [6, 6.07) is 21.7. The van der Waals surface area contributed by atoms with Gasteiger partial charge < -0.3 is 4.90 Å². The smallest absolute Gasteiger partial charge is 0.0485 e. The zero-order chi connectivity index (χ0) is 20.1. The highest BCUT2D eigenvalue weighted by molar-refractivity contribution is 5.93. The summed E-state index contributed by atoms with van der Waals surface area (Å²) in [6.07, 6.45) is 16.2. The van der Waals surface area contributed by atoms with Gasteiger partial charge >= 0.3 is 0 Å². The lowest BCUT2D eigenvalue weighted by Crippen LogP contribution is -2.18. The third kappa shape index (κ3) is 3.95. The Bertz CT molecular complexity index is 1130. The molecule has 3 aromatic carbocycles. The lowest BCUT2D eigenvalue weighted by Gasteiger charge is -2.26. The molecule has 0 aliphatic carbocycles. The van der Waals surface area contributed by atoms with Crippen molar-refractivity contribution in [3.63, 3.8) is 0 Å². The second kappa shape index (κ2) is 8.79. The quantitative estimate of drug-likeness (QED) is 0.418. The maximum atomic E-state index is 2.28. The van der Waals surface area contributed by atoms with Gasteiger partial charge in [0.1, 0.15) is 0 Å². The summed E-state index contributed by atoms with van der Waals surface area (Å²) >= 11 is 0. The molecule has 1 aliphatic heterocycles. The summed E-state index contributed by atoms with van der Waals surface area (Å²) in [7, 11) is 0. The van der Waals surface area contributed by atoms with Crippen LogP contribution in [-0.4, -0.2) is 6.54 Å². The van der Waals surface area contributed by atoms with Crippen LogP contribution in [0.2, 0.25) is 0 Å². The number of benzene rings is 3. The summed E-state index contributed by atoms with van der Waals surface area (Å²) < 4.78 is 0. The SMILES string of the molecule is CCc1ccc(C=CC=CC=C2C=CN(CC)c3ccccc32)c2ccccc12. The Balaban J connectivity index is 1.56. The van der Waals surface area contributed by atoms with Gasteiger partial charge in [0.2, 0.25) is 0 Å². The molecule has 0 saturated carbocycles. The number of hydrogen-bond donors (Lipinski definition) is 0. The predicted octanol–water partition coefficient (Wildman–Crippen LogP) is 7.41. The van der Waals surface area contributed by atoms with Crippen molar-refractivity contribution in [3.05, 3.63) is 114 Å². The summed E-state index contributed by atoms with van der Waals surface area (Å²) in [5.41, 5.74) is 6.47. The van der Waals surface area contributed by atoms with E-state index < -0.39 is 0 Å². The number of fused-ring (bicyclic) bond motifs is 2. The maximum absolute atomic E-state index is 2.28. The number of hydrogen-bond acceptors (Lipinski definition) is 1. The number of allylic oxidation sites excluding steroid dienone is 6. The number of rotatable bonds is 5. The first-order valence-electron chi connectivity index (χ1n) is 10.4. The second-order valence-corrected chi connectivity index (χ2v) is 7.20. The lowest BCUT2D eigenvalue weighted by molar-refractivity contribution is 1.01. The molecule has 1 nitrogen and oxygen atoms in total. The second-order valence-electron chi connectivity index (χ2n) is 7.20. The fourth-order valence-electron chi connectivity index (χ4n) is 3.95. The molecule has 0 bridgehead atoms. The van der Waals surface area contributed by atoms with Crippen LogP contribution in [0.25, 0.3) is 22.4 Å². The van der Waals surface area contributed by atoms with E-state index in [2.05, 4.69) is 122 Å². The number of anilines is 1. The fraction of sp³-hybridized carbons (Fsp3) is 0.143. The highest BCUT2D eigenvalue weighted by Crippen LogP contribution is 2.32. The Labute approximate surface area is 174 Å². The lowest BCUT2D eigenvalue weighted by atomic mass is 9.98. The minimum atomic E-state index is 0.976. The molecular formula is C28H27N. The molecule has 4 rings (SSSR count). The van der Waals surface area contributed by atoms with Gasteiger partial charge in [0.05, 0.1) is 0 Å². The van der Waals surface area contributed by atoms with E-state index in [1.165, 1.54) is 38.7 Å². The molecule has 0 radical (unpaired) electrons. The van der Waals surface area contributed by atoms with Gasteiger partial charge in [0, 0.05) is 24.0 Å². The molecule has 1 heteroatoms. The van der Waals surface area contributed by atoms with Crippen LogP contribution in [0.3, 0.4) is 0 Å². The van der Waals surface area contributed by atoms with Crippen LogP contribution in [0.15, 0.2) is 97.2 Å². The van der Waals surface area contributed by atoms with Gasteiger partial charge in [-0.1, -0.05) is 91.9 Å². The van der Waals surface area contributed by atoms with Gasteiger partial charge in [-0.3, -0.25) is 0 Å². The van der Waals surface area contributed by atoms with Crippen LogP contribution in [0.5, 0.6) is 0 Å². The Morgan fingerprint density at radius 1 is 0.793 bits per heavy atom. The standard InChI is InChI=1S/C28H27N/c1-3-22-18-19-23(26-15-9-8-14-25(22)26)12-6-5-7-13-24-20-21-29(4-2)28-17-11-10-16-27(24)28/h5-21H,3-4H2,1-2H3. The highest BCUT2D eigenvalue weighted by Gasteiger charge is 2.13. The van der Waals surface area contributed by atoms with Crippen LogP contribution in [-0.2, 0) is 6.42 Å². The third-order valence-corrected chi connectivity index (χ3v) is 5.50. The van der Waals surface area contributed by atoms with Crippen molar-refractivity contribution in [2.45, 2.75) is 20.3 Å². The first-order chi connectivity index (χ1) is 14.3. The highest BCUT2D eigenvalue weighted by atomic mass is 15.1. The summed E-state index contributed by atoms with van der Waals surface area (Å²) in [4.78, 5) is 2.28. The molecule has 0 fully saturated rings. The molecule has 1 heterocycles.